The van der Waals surface area contributed by atoms with Crippen LogP contribution in [0.3, 0.4) is 0 Å². The molecule has 0 unspecified atom stereocenters. The molecule has 0 heterocycles. The van der Waals surface area contributed by atoms with Crippen LogP contribution < -0.4 is 5.73 Å². The van der Waals surface area contributed by atoms with Gasteiger partial charge in [-0.05, 0) is 51.4 Å². The first-order chi connectivity index (χ1) is 8.06. The second-order valence-corrected chi connectivity index (χ2v) is 5.05. The molecular formula is C16H31N. The molecule has 0 fully saturated rings. The predicted molar refractivity (Wildman–Crippen MR) is 79.1 cm³/mol. The molecule has 0 spiro atoms. The molecule has 1 nitrogen and oxygen atoms in total. The smallest absolute Gasteiger partial charge is 0.0109 e. The number of allylic oxidation sites excluding steroid dienone is 3. The van der Waals surface area contributed by atoms with Crippen LogP contribution in [0.5, 0.6) is 0 Å². The predicted octanol–water partition coefficient (Wildman–Crippen LogP) is 4.83. The summed E-state index contributed by atoms with van der Waals surface area (Å²) < 4.78 is 0. The SMILES string of the molecule is CCC(CC)(CC)C(C)=CCC/C(C)=C/CN. The molecule has 0 radical (unpaired) electrons. The molecular weight excluding hydrogens is 206 g/mol. The Morgan fingerprint density at radius 2 is 1.53 bits per heavy atom. The quantitative estimate of drug-likeness (QED) is 0.601. The Hall–Kier alpha value is -0.560. The van der Waals surface area contributed by atoms with E-state index in [1.54, 1.807) is 5.57 Å². The lowest BCUT2D eigenvalue weighted by Gasteiger charge is -2.32. The number of hydrogen-bond donors (Lipinski definition) is 1. The van der Waals surface area contributed by atoms with Gasteiger partial charge in [0.1, 0.15) is 0 Å². The monoisotopic (exact) mass is 237 g/mol. The van der Waals surface area contributed by atoms with Crippen molar-refractivity contribution in [3.63, 3.8) is 0 Å². The number of nitrogens with two attached hydrogens (primary N) is 1. The average molecular weight is 237 g/mol. The Morgan fingerprint density at radius 1 is 1.00 bits per heavy atom. The van der Waals surface area contributed by atoms with E-state index in [9.17, 15) is 0 Å². The summed E-state index contributed by atoms with van der Waals surface area (Å²) in [6, 6.07) is 0. The topological polar surface area (TPSA) is 26.0 Å². The standard InChI is InChI=1S/C16H31N/c1-6-16(7-2,8-3)15(5)11-9-10-14(4)12-13-17/h11-12H,6-10,13,17H2,1-5H3/b14-12+,15-11?. The first-order valence-corrected chi connectivity index (χ1v) is 7.09. The van der Waals surface area contributed by atoms with Gasteiger partial charge < -0.3 is 5.73 Å². The molecule has 0 amide bonds. The van der Waals surface area contributed by atoms with Gasteiger partial charge in [-0.3, -0.25) is 0 Å². The van der Waals surface area contributed by atoms with Crippen molar-refractivity contribution >= 4 is 0 Å². The lowest BCUT2D eigenvalue weighted by molar-refractivity contribution is 0.313. The fraction of sp³-hybridized carbons (Fsp3) is 0.750. The third-order valence-corrected chi connectivity index (χ3v) is 4.32. The largest absolute Gasteiger partial charge is 0.327 e. The molecule has 0 aromatic carbocycles. The molecule has 0 aromatic rings. The van der Waals surface area contributed by atoms with Gasteiger partial charge in [0.2, 0.25) is 0 Å². The van der Waals surface area contributed by atoms with Gasteiger partial charge >= 0.3 is 0 Å². The van der Waals surface area contributed by atoms with Gasteiger partial charge in [0.05, 0.1) is 0 Å². The van der Waals surface area contributed by atoms with Gasteiger partial charge in [-0.2, -0.15) is 0 Å². The summed E-state index contributed by atoms with van der Waals surface area (Å²) in [6.45, 7) is 12.1. The highest BCUT2D eigenvalue weighted by Gasteiger charge is 2.25. The summed E-state index contributed by atoms with van der Waals surface area (Å²) in [4.78, 5) is 0. The third-order valence-electron chi connectivity index (χ3n) is 4.32. The average Bonchev–Trinajstić information content (AvgIpc) is 2.32. The van der Waals surface area contributed by atoms with Gasteiger partial charge in [-0.25, -0.2) is 0 Å². The van der Waals surface area contributed by atoms with Crippen LogP contribution in [0, 0.1) is 5.41 Å². The molecule has 0 aromatic heterocycles. The second-order valence-electron chi connectivity index (χ2n) is 5.05. The van der Waals surface area contributed by atoms with Crippen molar-refractivity contribution in [2.45, 2.75) is 66.7 Å². The first-order valence-electron chi connectivity index (χ1n) is 7.09. The lowest BCUT2D eigenvalue weighted by Crippen LogP contribution is -2.19. The Morgan fingerprint density at radius 3 is 1.94 bits per heavy atom. The number of hydrogen-bond acceptors (Lipinski definition) is 1. The molecule has 100 valence electrons. The van der Waals surface area contributed by atoms with Crippen molar-refractivity contribution in [2.75, 3.05) is 6.54 Å². The molecule has 17 heavy (non-hydrogen) atoms. The van der Waals surface area contributed by atoms with Crippen molar-refractivity contribution < 1.29 is 0 Å². The molecule has 0 saturated heterocycles. The maximum Gasteiger partial charge on any atom is 0.0109 e. The Balaban J connectivity index is 4.47. The van der Waals surface area contributed by atoms with Crippen LogP contribution in [0.4, 0.5) is 0 Å². The molecule has 0 bridgehead atoms. The van der Waals surface area contributed by atoms with Crippen LogP contribution in [0.1, 0.15) is 66.7 Å². The van der Waals surface area contributed by atoms with Crippen LogP contribution in [-0.2, 0) is 0 Å². The zero-order valence-electron chi connectivity index (χ0n) is 12.5. The second kappa shape index (κ2) is 8.52. The van der Waals surface area contributed by atoms with Gasteiger partial charge in [0, 0.05) is 6.54 Å². The van der Waals surface area contributed by atoms with E-state index in [0.717, 1.165) is 12.8 Å². The molecule has 0 rings (SSSR count). The van der Waals surface area contributed by atoms with Crippen LogP contribution in [0.25, 0.3) is 0 Å². The van der Waals surface area contributed by atoms with Crippen molar-refractivity contribution in [1.29, 1.82) is 0 Å². The van der Waals surface area contributed by atoms with Gasteiger partial charge in [-0.15, -0.1) is 0 Å². The van der Waals surface area contributed by atoms with Crippen molar-refractivity contribution in [1.82, 2.24) is 0 Å². The van der Waals surface area contributed by atoms with E-state index in [0.29, 0.717) is 12.0 Å². The van der Waals surface area contributed by atoms with Crippen LogP contribution in [0.15, 0.2) is 23.3 Å². The normalized spacial score (nSPS) is 14.2. The molecule has 0 aliphatic rings. The summed E-state index contributed by atoms with van der Waals surface area (Å²) in [5.41, 5.74) is 8.92. The van der Waals surface area contributed by atoms with E-state index in [4.69, 9.17) is 5.73 Å². The summed E-state index contributed by atoms with van der Waals surface area (Å²) in [7, 11) is 0. The van der Waals surface area contributed by atoms with Gasteiger partial charge in [0.25, 0.3) is 0 Å². The Labute approximate surface area is 108 Å². The zero-order chi connectivity index (χ0) is 13.3. The van der Waals surface area contributed by atoms with E-state index >= 15 is 0 Å². The summed E-state index contributed by atoms with van der Waals surface area (Å²) in [5.74, 6) is 0. The summed E-state index contributed by atoms with van der Waals surface area (Å²) >= 11 is 0. The van der Waals surface area contributed by atoms with Crippen molar-refractivity contribution in [2.24, 2.45) is 11.1 Å². The van der Waals surface area contributed by atoms with E-state index < -0.39 is 0 Å². The maximum atomic E-state index is 5.50. The van der Waals surface area contributed by atoms with Crippen LogP contribution in [-0.4, -0.2) is 6.54 Å². The Bertz CT molecular complexity index is 248. The molecule has 1 heteroatoms. The minimum atomic E-state index is 0.436. The van der Waals surface area contributed by atoms with E-state index in [2.05, 4.69) is 46.8 Å². The molecule has 0 saturated carbocycles. The summed E-state index contributed by atoms with van der Waals surface area (Å²) in [6.07, 6.45) is 10.6. The van der Waals surface area contributed by atoms with Crippen molar-refractivity contribution in [3.05, 3.63) is 23.3 Å². The minimum Gasteiger partial charge on any atom is -0.327 e. The molecule has 2 N–H and O–H groups in total. The highest BCUT2D eigenvalue weighted by atomic mass is 14.5. The van der Waals surface area contributed by atoms with E-state index in [-0.39, 0.29) is 0 Å². The molecule has 0 aliphatic carbocycles. The van der Waals surface area contributed by atoms with E-state index in [1.165, 1.54) is 24.8 Å². The minimum absolute atomic E-state index is 0.436. The zero-order valence-corrected chi connectivity index (χ0v) is 12.5. The Kier molecular flexibility index (Phi) is 8.24. The third kappa shape index (κ3) is 5.08. The first kappa shape index (κ1) is 16.4. The van der Waals surface area contributed by atoms with Crippen LogP contribution >= 0.6 is 0 Å². The highest BCUT2D eigenvalue weighted by molar-refractivity contribution is 5.12. The van der Waals surface area contributed by atoms with Crippen LogP contribution in [0.2, 0.25) is 0 Å². The fourth-order valence-corrected chi connectivity index (χ4v) is 2.62. The molecule has 0 atom stereocenters. The lowest BCUT2D eigenvalue weighted by atomic mass is 9.73. The maximum absolute atomic E-state index is 5.50. The highest BCUT2D eigenvalue weighted by Crippen LogP contribution is 2.38. The molecule has 0 aliphatic heterocycles. The fourth-order valence-electron chi connectivity index (χ4n) is 2.62. The van der Waals surface area contributed by atoms with Gasteiger partial charge in [-0.1, -0.05) is 44.1 Å². The van der Waals surface area contributed by atoms with Crippen molar-refractivity contribution in [3.8, 4) is 0 Å². The number of rotatable bonds is 8. The van der Waals surface area contributed by atoms with E-state index in [1.807, 2.05) is 0 Å². The summed E-state index contributed by atoms with van der Waals surface area (Å²) in [5, 5.41) is 0. The van der Waals surface area contributed by atoms with Gasteiger partial charge in [0.15, 0.2) is 0 Å².